The van der Waals surface area contributed by atoms with Gasteiger partial charge in [0.2, 0.25) is 0 Å². The maximum absolute atomic E-state index is 2.51. The predicted octanol–water partition coefficient (Wildman–Crippen LogP) is 6.22. The van der Waals surface area contributed by atoms with Crippen LogP contribution in [0.4, 0.5) is 0 Å². The summed E-state index contributed by atoms with van der Waals surface area (Å²) >= 11 is 0. The van der Waals surface area contributed by atoms with Crippen LogP contribution in [0.1, 0.15) is 80.1 Å². The van der Waals surface area contributed by atoms with Crippen molar-refractivity contribution < 1.29 is 0 Å². The van der Waals surface area contributed by atoms with Gasteiger partial charge in [-0.15, -0.1) is 0 Å². The molecule has 0 saturated heterocycles. The molecule has 0 amide bonds. The molecule has 0 aliphatic carbocycles. The van der Waals surface area contributed by atoms with E-state index in [2.05, 4.69) is 47.6 Å². The Morgan fingerprint density at radius 1 is 1.00 bits per heavy atom. The van der Waals surface area contributed by atoms with E-state index < -0.39 is 0 Å². The van der Waals surface area contributed by atoms with E-state index in [0.717, 1.165) is 17.8 Å². The molecule has 0 aliphatic rings. The Bertz CT molecular complexity index is 202. The van der Waals surface area contributed by atoms with Crippen molar-refractivity contribution in [1.29, 1.82) is 0 Å². The minimum atomic E-state index is 0.818. The second-order valence-corrected chi connectivity index (χ2v) is 5.93. The van der Waals surface area contributed by atoms with Crippen molar-refractivity contribution in [3.8, 4) is 0 Å². The zero-order chi connectivity index (χ0) is 13.3. The zero-order valence-corrected chi connectivity index (χ0v) is 13.1. The quantitative estimate of drug-likeness (QED) is 0.418. The number of hydrogen-bond donors (Lipinski definition) is 0. The third-order valence-corrected chi connectivity index (χ3v) is 4.14. The summed E-state index contributed by atoms with van der Waals surface area (Å²) in [7, 11) is 0. The van der Waals surface area contributed by atoms with Crippen LogP contribution in [-0.4, -0.2) is 0 Å². The van der Waals surface area contributed by atoms with Crippen LogP contribution in [0.5, 0.6) is 0 Å². The SMILES string of the molecule is CCCC(C)CC=C(C)C(CC)CC(C)CC. The summed E-state index contributed by atoms with van der Waals surface area (Å²) < 4.78 is 0. The Morgan fingerprint density at radius 3 is 2.12 bits per heavy atom. The smallest absolute Gasteiger partial charge is 0.0206 e. The Balaban J connectivity index is 4.21. The normalized spacial score (nSPS) is 17.9. The molecule has 3 unspecified atom stereocenters. The molecule has 0 N–H and O–H groups in total. The lowest BCUT2D eigenvalue weighted by Crippen LogP contribution is -2.07. The lowest BCUT2D eigenvalue weighted by Gasteiger charge is -2.20. The first-order chi connectivity index (χ1) is 8.04. The largest absolute Gasteiger partial charge is 0.0851 e. The van der Waals surface area contributed by atoms with Crippen LogP contribution < -0.4 is 0 Å². The van der Waals surface area contributed by atoms with Crippen molar-refractivity contribution in [3.63, 3.8) is 0 Å². The van der Waals surface area contributed by atoms with Gasteiger partial charge in [0.25, 0.3) is 0 Å². The topological polar surface area (TPSA) is 0 Å². The van der Waals surface area contributed by atoms with Gasteiger partial charge in [-0.1, -0.05) is 65.5 Å². The van der Waals surface area contributed by atoms with Crippen LogP contribution >= 0.6 is 0 Å². The van der Waals surface area contributed by atoms with Gasteiger partial charge in [0, 0.05) is 0 Å². The van der Waals surface area contributed by atoms with Gasteiger partial charge in [0.1, 0.15) is 0 Å². The molecule has 102 valence electrons. The number of rotatable bonds is 9. The van der Waals surface area contributed by atoms with E-state index in [9.17, 15) is 0 Å². The maximum Gasteiger partial charge on any atom is -0.0206 e. The second-order valence-electron chi connectivity index (χ2n) is 5.93. The van der Waals surface area contributed by atoms with Crippen molar-refractivity contribution >= 4 is 0 Å². The highest BCUT2D eigenvalue weighted by Gasteiger charge is 2.12. The second kappa shape index (κ2) is 9.74. The molecule has 0 rings (SSSR count). The van der Waals surface area contributed by atoms with E-state index in [1.807, 2.05) is 0 Å². The van der Waals surface area contributed by atoms with E-state index in [1.165, 1.54) is 38.5 Å². The van der Waals surface area contributed by atoms with Gasteiger partial charge in [-0.05, 0) is 43.9 Å². The Morgan fingerprint density at radius 2 is 1.65 bits per heavy atom. The van der Waals surface area contributed by atoms with Gasteiger partial charge in [-0.2, -0.15) is 0 Å². The molecule has 0 aromatic rings. The van der Waals surface area contributed by atoms with E-state index in [-0.39, 0.29) is 0 Å². The predicted molar refractivity (Wildman–Crippen MR) is 80.3 cm³/mol. The van der Waals surface area contributed by atoms with Gasteiger partial charge in [-0.3, -0.25) is 0 Å². The molecule has 0 saturated carbocycles. The minimum absolute atomic E-state index is 0.818. The Hall–Kier alpha value is -0.260. The van der Waals surface area contributed by atoms with Crippen LogP contribution in [0, 0.1) is 17.8 Å². The Kier molecular flexibility index (Phi) is 9.59. The van der Waals surface area contributed by atoms with Crippen LogP contribution in [0.2, 0.25) is 0 Å². The fourth-order valence-electron chi connectivity index (χ4n) is 2.49. The molecule has 0 radical (unpaired) electrons. The molecule has 3 atom stereocenters. The molecule has 0 aromatic carbocycles. The van der Waals surface area contributed by atoms with Gasteiger partial charge < -0.3 is 0 Å². The highest BCUT2D eigenvalue weighted by molar-refractivity contribution is 5.03. The number of allylic oxidation sites excluding steroid dienone is 2. The lowest BCUT2D eigenvalue weighted by atomic mass is 9.86. The fourth-order valence-corrected chi connectivity index (χ4v) is 2.49. The molecule has 17 heavy (non-hydrogen) atoms. The van der Waals surface area contributed by atoms with Gasteiger partial charge in [0.05, 0.1) is 0 Å². The highest BCUT2D eigenvalue weighted by Crippen LogP contribution is 2.26. The van der Waals surface area contributed by atoms with Crippen molar-refractivity contribution in [2.75, 3.05) is 0 Å². The van der Waals surface area contributed by atoms with E-state index in [4.69, 9.17) is 0 Å². The summed E-state index contributed by atoms with van der Waals surface area (Å²) in [5, 5.41) is 0. The molecular formula is C17H34. The summed E-state index contributed by atoms with van der Waals surface area (Å²) in [6.45, 7) is 14.0. The number of hydrogen-bond acceptors (Lipinski definition) is 0. The summed E-state index contributed by atoms with van der Waals surface area (Å²) in [6, 6.07) is 0. The highest BCUT2D eigenvalue weighted by atomic mass is 14.2. The molecule has 0 nitrogen and oxygen atoms in total. The molecule has 0 spiro atoms. The first-order valence-corrected chi connectivity index (χ1v) is 7.71. The molecule has 0 bridgehead atoms. The van der Waals surface area contributed by atoms with Gasteiger partial charge in [0.15, 0.2) is 0 Å². The van der Waals surface area contributed by atoms with Crippen molar-refractivity contribution in [1.82, 2.24) is 0 Å². The van der Waals surface area contributed by atoms with E-state index in [0.29, 0.717) is 0 Å². The Labute approximate surface area is 110 Å². The van der Waals surface area contributed by atoms with Crippen LogP contribution in [0.3, 0.4) is 0 Å². The van der Waals surface area contributed by atoms with Crippen LogP contribution in [0.25, 0.3) is 0 Å². The zero-order valence-electron chi connectivity index (χ0n) is 13.1. The summed E-state index contributed by atoms with van der Waals surface area (Å²) in [5.41, 5.74) is 1.63. The fraction of sp³-hybridized carbons (Fsp3) is 0.882. The molecular weight excluding hydrogens is 204 g/mol. The molecule has 0 heteroatoms. The maximum atomic E-state index is 2.51. The summed E-state index contributed by atoms with van der Waals surface area (Å²) in [6.07, 6.45) is 10.5. The van der Waals surface area contributed by atoms with Crippen molar-refractivity contribution in [3.05, 3.63) is 11.6 Å². The summed E-state index contributed by atoms with van der Waals surface area (Å²) in [5.74, 6) is 2.55. The first-order valence-electron chi connectivity index (χ1n) is 7.71. The lowest BCUT2D eigenvalue weighted by molar-refractivity contribution is 0.410. The molecule has 0 fully saturated rings. The summed E-state index contributed by atoms with van der Waals surface area (Å²) in [4.78, 5) is 0. The third-order valence-electron chi connectivity index (χ3n) is 4.14. The van der Waals surface area contributed by atoms with Crippen LogP contribution in [-0.2, 0) is 0 Å². The average Bonchev–Trinajstić information content (AvgIpc) is 2.32. The molecule has 0 heterocycles. The third kappa shape index (κ3) is 7.63. The van der Waals surface area contributed by atoms with Gasteiger partial charge in [-0.25, -0.2) is 0 Å². The molecule has 0 aromatic heterocycles. The first kappa shape index (κ1) is 16.7. The standard InChI is InChI=1S/C17H34/c1-7-10-15(5)11-12-16(6)17(9-3)13-14(4)8-2/h12,14-15,17H,7-11,13H2,1-6H3. The van der Waals surface area contributed by atoms with Crippen molar-refractivity contribution in [2.24, 2.45) is 17.8 Å². The van der Waals surface area contributed by atoms with E-state index >= 15 is 0 Å². The monoisotopic (exact) mass is 238 g/mol. The molecule has 0 aliphatic heterocycles. The van der Waals surface area contributed by atoms with E-state index in [1.54, 1.807) is 5.57 Å². The van der Waals surface area contributed by atoms with Gasteiger partial charge >= 0.3 is 0 Å². The van der Waals surface area contributed by atoms with Crippen molar-refractivity contribution in [2.45, 2.75) is 80.1 Å². The minimum Gasteiger partial charge on any atom is -0.0851 e. The van der Waals surface area contributed by atoms with Crippen LogP contribution in [0.15, 0.2) is 11.6 Å². The average molecular weight is 238 g/mol.